The molecule has 1 amide bonds. The highest BCUT2D eigenvalue weighted by atomic mass is 32.2. The van der Waals surface area contributed by atoms with Gasteiger partial charge in [0.1, 0.15) is 18.0 Å². The molecule has 0 saturated carbocycles. The Bertz CT molecular complexity index is 1370. The van der Waals surface area contributed by atoms with Crippen molar-refractivity contribution in [2.45, 2.75) is 75.8 Å². The molecule has 1 aliphatic heterocycles. The summed E-state index contributed by atoms with van der Waals surface area (Å²) in [5.41, 5.74) is 1.79. The number of benzene rings is 3. The van der Waals surface area contributed by atoms with E-state index in [1.54, 1.807) is 63.2 Å². The average molecular weight is 552 g/mol. The Balaban J connectivity index is 1.56. The Morgan fingerprint density at radius 1 is 1.00 bits per heavy atom. The van der Waals surface area contributed by atoms with Gasteiger partial charge in [-0.3, -0.25) is 4.90 Å². The van der Waals surface area contributed by atoms with Gasteiger partial charge in [0.25, 0.3) is 0 Å². The monoisotopic (exact) mass is 551 g/mol. The minimum absolute atomic E-state index is 0.213. The molecule has 0 unspecified atom stereocenters. The number of hydrogen-bond acceptors (Lipinski definition) is 6. The number of aliphatic hydroxyl groups is 1. The average Bonchev–Trinajstić information content (AvgIpc) is 3.30. The third kappa shape index (κ3) is 7.40. The summed E-state index contributed by atoms with van der Waals surface area (Å²) in [6.45, 7) is 7.56. The molecule has 1 aliphatic rings. The van der Waals surface area contributed by atoms with E-state index in [-0.39, 0.29) is 10.6 Å². The predicted octanol–water partition coefficient (Wildman–Crippen LogP) is 5.85. The summed E-state index contributed by atoms with van der Waals surface area (Å²) >= 11 is 0. The van der Waals surface area contributed by atoms with Crippen LogP contribution < -0.4 is 4.74 Å². The van der Waals surface area contributed by atoms with Gasteiger partial charge in [-0.05, 0) is 75.9 Å². The zero-order valence-corrected chi connectivity index (χ0v) is 23.7. The first-order valence-corrected chi connectivity index (χ1v) is 14.8. The van der Waals surface area contributed by atoms with Gasteiger partial charge in [-0.1, -0.05) is 60.2 Å². The standard InChI is InChI=1S/C31H37NO6S/c1-22-13-16-27(17-14-22)39(35,36)21-25-15-18-28(32(25)30(34)38-31(2,3)4)29(33)24-11-8-12-26(19-24)37-20-23-9-6-5-7-10-23/h5-14,16-17,19,25,28-29,33H,15,18,20-21H2,1-4H3/t25-,28+,29-/m1/s1. The van der Waals surface area contributed by atoms with Crippen LogP contribution in [0.1, 0.15) is 56.4 Å². The van der Waals surface area contributed by atoms with E-state index in [0.717, 1.165) is 11.1 Å². The van der Waals surface area contributed by atoms with Crippen LogP contribution in [0.4, 0.5) is 4.79 Å². The van der Waals surface area contributed by atoms with Crippen molar-refractivity contribution in [2.24, 2.45) is 0 Å². The Morgan fingerprint density at radius 3 is 2.36 bits per heavy atom. The number of ether oxygens (including phenoxy) is 2. The van der Waals surface area contributed by atoms with Crippen molar-refractivity contribution in [2.75, 3.05) is 5.75 Å². The van der Waals surface area contributed by atoms with E-state index in [1.165, 1.54) is 4.90 Å². The Kier molecular flexibility index (Phi) is 8.67. The van der Waals surface area contributed by atoms with E-state index in [0.29, 0.717) is 30.8 Å². The van der Waals surface area contributed by atoms with Crippen LogP contribution in [-0.4, -0.2) is 48.0 Å². The summed E-state index contributed by atoms with van der Waals surface area (Å²) in [4.78, 5) is 15.0. The Hall–Kier alpha value is -3.36. The van der Waals surface area contributed by atoms with Gasteiger partial charge in [0.15, 0.2) is 9.84 Å². The van der Waals surface area contributed by atoms with Crippen LogP contribution >= 0.6 is 0 Å². The van der Waals surface area contributed by atoms with E-state index >= 15 is 0 Å². The molecule has 1 heterocycles. The van der Waals surface area contributed by atoms with Crippen LogP contribution in [0.5, 0.6) is 5.75 Å². The zero-order chi connectivity index (χ0) is 28.2. The first kappa shape index (κ1) is 28.6. The number of carbonyl (C=O) groups excluding carboxylic acids is 1. The molecule has 7 nitrogen and oxygen atoms in total. The molecule has 1 saturated heterocycles. The Morgan fingerprint density at radius 2 is 1.69 bits per heavy atom. The third-order valence-electron chi connectivity index (χ3n) is 6.75. The van der Waals surface area contributed by atoms with Gasteiger partial charge in [0, 0.05) is 6.04 Å². The van der Waals surface area contributed by atoms with E-state index in [4.69, 9.17) is 9.47 Å². The van der Waals surface area contributed by atoms with Crippen molar-refractivity contribution in [3.05, 3.63) is 95.6 Å². The van der Waals surface area contributed by atoms with Crippen LogP contribution in [0.2, 0.25) is 0 Å². The lowest BCUT2D eigenvalue weighted by Gasteiger charge is -2.34. The van der Waals surface area contributed by atoms with Gasteiger partial charge in [-0.15, -0.1) is 0 Å². The maximum absolute atomic E-state index is 13.4. The fourth-order valence-corrected chi connectivity index (χ4v) is 6.41. The van der Waals surface area contributed by atoms with Gasteiger partial charge >= 0.3 is 6.09 Å². The number of nitrogens with zero attached hydrogens (tertiary/aromatic N) is 1. The number of sulfone groups is 1. The van der Waals surface area contributed by atoms with Gasteiger partial charge < -0.3 is 14.6 Å². The van der Waals surface area contributed by atoms with Crippen molar-refractivity contribution in [3.8, 4) is 5.75 Å². The molecular formula is C31H37NO6S. The fraction of sp³-hybridized carbons (Fsp3) is 0.387. The molecule has 1 N–H and O–H groups in total. The summed E-state index contributed by atoms with van der Waals surface area (Å²) in [5, 5.41) is 11.5. The highest BCUT2D eigenvalue weighted by Crippen LogP contribution is 2.36. The van der Waals surface area contributed by atoms with Crippen molar-refractivity contribution < 1.29 is 27.8 Å². The minimum atomic E-state index is -3.68. The van der Waals surface area contributed by atoms with E-state index in [9.17, 15) is 18.3 Å². The van der Waals surface area contributed by atoms with Crippen molar-refractivity contribution >= 4 is 15.9 Å². The van der Waals surface area contributed by atoms with Gasteiger partial charge in [-0.25, -0.2) is 13.2 Å². The topological polar surface area (TPSA) is 93.1 Å². The van der Waals surface area contributed by atoms with Crippen LogP contribution in [-0.2, 0) is 21.2 Å². The summed E-state index contributed by atoms with van der Waals surface area (Å²) in [5.74, 6) is 0.342. The second kappa shape index (κ2) is 11.8. The Labute approximate surface area is 231 Å². The van der Waals surface area contributed by atoms with E-state index in [2.05, 4.69) is 0 Å². The number of aryl methyl sites for hydroxylation is 1. The summed E-state index contributed by atoms with van der Waals surface area (Å²) < 4.78 is 38.2. The fourth-order valence-electron chi connectivity index (χ4n) is 4.83. The lowest BCUT2D eigenvalue weighted by molar-refractivity contribution is -0.00264. The largest absolute Gasteiger partial charge is 0.489 e. The first-order chi connectivity index (χ1) is 18.4. The molecule has 0 spiro atoms. The maximum atomic E-state index is 13.4. The van der Waals surface area contributed by atoms with Crippen LogP contribution in [0, 0.1) is 6.92 Å². The molecule has 8 heteroatoms. The van der Waals surface area contributed by atoms with Crippen molar-refractivity contribution in [1.29, 1.82) is 0 Å². The van der Waals surface area contributed by atoms with Gasteiger partial charge in [-0.2, -0.15) is 0 Å². The number of aliphatic hydroxyl groups excluding tert-OH is 1. The number of rotatable bonds is 8. The number of likely N-dealkylation sites (tertiary alicyclic amines) is 1. The molecule has 0 aliphatic carbocycles. The van der Waals surface area contributed by atoms with Crippen LogP contribution in [0.15, 0.2) is 83.8 Å². The third-order valence-corrected chi connectivity index (χ3v) is 8.57. The number of hydrogen-bond donors (Lipinski definition) is 1. The van der Waals surface area contributed by atoms with Crippen molar-refractivity contribution in [3.63, 3.8) is 0 Å². The van der Waals surface area contributed by atoms with Crippen LogP contribution in [0.25, 0.3) is 0 Å². The molecule has 3 aromatic rings. The number of carbonyl (C=O) groups is 1. The highest BCUT2D eigenvalue weighted by molar-refractivity contribution is 7.91. The van der Waals surface area contributed by atoms with Gasteiger partial charge in [0.2, 0.25) is 0 Å². The summed E-state index contributed by atoms with van der Waals surface area (Å²) in [6, 6.07) is 22.3. The van der Waals surface area contributed by atoms with Crippen LogP contribution in [0.3, 0.4) is 0 Å². The second-order valence-electron chi connectivity index (χ2n) is 11.1. The maximum Gasteiger partial charge on any atom is 0.410 e. The highest BCUT2D eigenvalue weighted by Gasteiger charge is 2.44. The molecule has 4 rings (SSSR count). The molecule has 1 fully saturated rings. The molecular weight excluding hydrogens is 514 g/mol. The molecule has 208 valence electrons. The van der Waals surface area contributed by atoms with Gasteiger partial charge in [0.05, 0.1) is 22.8 Å². The molecule has 0 aromatic heterocycles. The minimum Gasteiger partial charge on any atom is -0.489 e. The predicted molar refractivity (Wildman–Crippen MR) is 150 cm³/mol. The van der Waals surface area contributed by atoms with E-state index in [1.807, 2.05) is 43.3 Å². The molecule has 3 aromatic carbocycles. The summed E-state index contributed by atoms with van der Waals surface area (Å²) in [7, 11) is -3.68. The summed E-state index contributed by atoms with van der Waals surface area (Å²) in [6.07, 6.45) is -0.825. The number of amides is 1. The normalized spacial score (nSPS) is 18.5. The molecule has 0 radical (unpaired) electrons. The first-order valence-electron chi connectivity index (χ1n) is 13.2. The molecule has 3 atom stereocenters. The smallest absolute Gasteiger partial charge is 0.410 e. The lowest BCUT2D eigenvalue weighted by Crippen LogP contribution is -2.48. The van der Waals surface area contributed by atoms with E-state index < -0.39 is 39.7 Å². The van der Waals surface area contributed by atoms with Crippen molar-refractivity contribution in [1.82, 2.24) is 4.90 Å². The second-order valence-corrected chi connectivity index (χ2v) is 13.1. The SMILES string of the molecule is Cc1ccc(S(=O)(=O)C[C@H]2CC[C@@H]([C@H](O)c3cccc(OCc4ccccc4)c3)N2C(=O)OC(C)(C)C)cc1. The quantitative estimate of drug-likeness (QED) is 0.378. The lowest BCUT2D eigenvalue weighted by atomic mass is 10.00. The molecule has 39 heavy (non-hydrogen) atoms. The molecule has 0 bridgehead atoms. The zero-order valence-electron chi connectivity index (χ0n) is 22.9.